The Morgan fingerprint density at radius 2 is 1.83 bits per heavy atom. The number of amides is 3. The van der Waals surface area contributed by atoms with Crippen LogP contribution in [0, 0.1) is 22.7 Å². The molecule has 2 saturated carbocycles. The van der Waals surface area contributed by atoms with E-state index < -0.39 is 50.1 Å². The Kier molecular flexibility index (Phi) is 12.7. The fourth-order valence-corrected chi connectivity index (χ4v) is 10.9. The summed E-state index contributed by atoms with van der Waals surface area (Å²) in [7, 11) is -0.838. The van der Waals surface area contributed by atoms with Crippen LogP contribution in [-0.2, 0) is 34.0 Å². The van der Waals surface area contributed by atoms with Gasteiger partial charge in [-0.1, -0.05) is 67.4 Å². The van der Waals surface area contributed by atoms with E-state index in [1.165, 1.54) is 7.11 Å². The number of carbonyl (C=O) groups is 4. The van der Waals surface area contributed by atoms with E-state index in [1.807, 2.05) is 73.7 Å². The van der Waals surface area contributed by atoms with Crippen LogP contribution in [0.5, 0.6) is 11.5 Å². The van der Waals surface area contributed by atoms with Gasteiger partial charge >= 0.3 is 0 Å². The van der Waals surface area contributed by atoms with Crippen molar-refractivity contribution in [3.63, 3.8) is 0 Å². The average molecular weight is 883 g/mol. The highest BCUT2D eigenvalue weighted by molar-refractivity contribution is 7.90. The standard InChI is InChI=1S/C47H58N6O9S/c1-46(28-48)29-52(27-42(46)50-61-3)43(55)20-31-14-8-5-4-6-11-15-32-24-47(32,45(57)51-63(58,59)35-17-18-35)25-40(54)39-22-34(26-53(39)44(31)56)62-41-23-37(30-12-9-7-10-13-30)49-38-21-33(60-2)16-19-36(38)41/h7,9-13,15-16,19,21,23,31-32,34-35,39H,4-6,8,14,17-18,20,22,24-29,48H2,1-3H3,(H,51,57)/b15-11-,50-42+/t31-,32-,34-,39+,46?,47-/m1/s1. The largest absolute Gasteiger partial charge is 0.497 e. The van der Waals surface area contributed by atoms with Crippen molar-refractivity contribution in [3.8, 4) is 22.8 Å². The van der Waals surface area contributed by atoms with Gasteiger partial charge in [-0.25, -0.2) is 13.4 Å². The number of rotatable bonds is 11. The molecule has 4 fully saturated rings. The number of likely N-dealkylation sites (tertiary alicyclic amines) is 1. The number of Topliss-reactive ketones (excluding diaryl/α,β-unsaturated/α-hetero) is 1. The van der Waals surface area contributed by atoms with Gasteiger partial charge in [-0.05, 0) is 56.6 Å². The molecule has 2 saturated heterocycles. The van der Waals surface area contributed by atoms with Crippen LogP contribution in [0.1, 0.15) is 77.6 Å². The minimum absolute atomic E-state index is 0.0543. The Labute approximate surface area is 368 Å². The van der Waals surface area contributed by atoms with Gasteiger partial charge in [0.05, 0.1) is 53.8 Å². The Bertz CT molecular complexity index is 2420. The predicted octanol–water partition coefficient (Wildman–Crippen LogP) is 5.17. The number of hydrogen-bond donors (Lipinski definition) is 2. The van der Waals surface area contributed by atoms with E-state index in [1.54, 1.807) is 16.9 Å². The van der Waals surface area contributed by atoms with Crippen LogP contribution in [0.3, 0.4) is 0 Å². The van der Waals surface area contributed by atoms with Crippen molar-refractivity contribution in [1.29, 1.82) is 0 Å². The Morgan fingerprint density at radius 1 is 1.03 bits per heavy atom. The summed E-state index contributed by atoms with van der Waals surface area (Å²) in [5, 5.41) is 4.28. The topological polar surface area (TPSA) is 200 Å². The lowest BCUT2D eigenvalue weighted by atomic mass is 9.88. The molecule has 2 aliphatic carbocycles. The monoisotopic (exact) mass is 882 g/mol. The number of nitrogens with two attached hydrogens (primary N) is 1. The summed E-state index contributed by atoms with van der Waals surface area (Å²) in [6.07, 6.45) is 7.87. The minimum atomic E-state index is -3.88. The lowest BCUT2D eigenvalue weighted by Crippen LogP contribution is -2.47. The van der Waals surface area contributed by atoms with E-state index in [4.69, 9.17) is 25.0 Å². The third-order valence-electron chi connectivity index (χ3n) is 13.7. The van der Waals surface area contributed by atoms with Gasteiger partial charge in [0.25, 0.3) is 0 Å². The van der Waals surface area contributed by atoms with Crippen molar-refractivity contribution in [2.75, 3.05) is 40.4 Å². The fourth-order valence-electron chi connectivity index (χ4n) is 9.55. The molecule has 1 aromatic heterocycles. The number of carbonyl (C=O) groups excluding carboxylic acids is 4. The predicted molar refractivity (Wildman–Crippen MR) is 237 cm³/mol. The Morgan fingerprint density at radius 3 is 2.56 bits per heavy atom. The normalized spacial score (nSPS) is 29.0. The first-order valence-corrected chi connectivity index (χ1v) is 23.7. The maximum atomic E-state index is 15.1. The maximum absolute atomic E-state index is 15.1. The first-order valence-electron chi connectivity index (χ1n) is 22.1. The summed E-state index contributed by atoms with van der Waals surface area (Å²) >= 11 is 0. The second-order valence-corrected chi connectivity index (χ2v) is 20.2. The number of ether oxygens (including phenoxy) is 2. The molecule has 1 unspecified atom stereocenters. The highest BCUT2D eigenvalue weighted by atomic mass is 32.2. The molecule has 15 nitrogen and oxygen atoms in total. The van der Waals surface area contributed by atoms with E-state index in [0.29, 0.717) is 72.5 Å². The quantitative estimate of drug-likeness (QED) is 0.190. The number of oxime groups is 1. The number of nitrogens with one attached hydrogen (secondary N) is 1. The van der Waals surface area contributed by atoms with Crippen LogP contribution < -0.4 is 19.9 Å². The first kappa shape index (κ1) is 44.3. The molecule has 3 amide bonds. The second-order valence-electron chi connectivity index (χ2n) is 18.2. The maximum Gasteiger partial charge on any atom is 0.240 e. The number of methoxy groups -OCH3 is 1. The van der Waals surface area contributed by atoms with Gasteiger partial charge in [-0.2, -0.15) is 0 Å². The Balaban J connectivity index is 1.12. The Hall–Kier alpha value is -5.35. The smallest absolute Gasteiger partial charge is 0.240 e. The van der Waals surface area contributed by atoms with E-state index in [9.17, 15) is 22.8 Å². The number of hydrogen-bond acceptors (Lipinski definition) is 12. The molecule has 0 spiro atoms. The lowest BCUT2D eigenvalue weighted by molar-refractivity contribution is -0.145. The van der Waals surface area contributed by atoms with Crippen LogP contribution in [-0.4, -0.2) is 110 Å². The first-order chi connectivity index (χ1) is 30.3. The molecule has 16 heteroatoms. The van der Waals surface area contributed by atoms with Crippen LogP contribution in [0.15, 0.2) is 71.9 Å². The number of aromatic nitrogens is 1. The van der Waals surface area contributed by atoms with E-state index in [2.05, 4.69) is 9.88 Å². The summed E-state index contributed by atoms with van der Waals surface area (Å²) in [5.74, 6) is -1.51. The van der Waals surface area contributed by atoms with Crippen molar-refractivity contribution >= 4 is 50.1 Å². The molecule has 5 aliphatic rings. The molecule has 2 aromatic carbocycles. The molecule has 4 heterocycles. The summed E-state index contributed by atoms with van der Waals surface area (Å²) in [6.45, 7) is 2.81. The fraction of sp³-hybridized carbons (Fsp3) is 0.532. The molecule has 3 aromatic rings. The van der Waals surface area contributed by atoms with Gasteiger partial charge in [0, 0.05) is 66.8 Å². The van der Waals surface area contributed by atoms with Gasteiger partial charge < -0.3 is 29.8 Å². The molecule has 0 radical (unpaired) electrons. The van der Waals surface area contributed by atoms with Crippen molar-refractivity contribution in [3.05, 3.63) is 66.7 Å². The van der Waals surface area contributed by atoms with E-state index >= 15 is 4.79 Å². The number of fused-ring (bicyclic) bond motifs is 3. The summed E-state index contributed by atoms with van der Waals surface area (Å²) < 4.78 is 40.7. The van der Waals surface area contributed by atoms with Gasteiger partial charge in [-0.15, -0.1) is 0 Å². The SMILES string of the molecule is CO/N=C1\CN(C(=O)C[C@H]2CCCCC/C=C\[C@@H]3C[C@@]3(C(=O)NS(=O)(=O)C3CC3)CC(=O)[C@@H]3C[C@@H](Oc4cc(-c5ccccc5)nc5cc(OC)ccc45)CN3C2=O)CC1(C)CN. The van der Waals surface area contributed by atoms with Crippen molar-refractivity contribution in [2.24, 2.45) is 33.6 Å². The van der Waals surface area contributed by atoms with Gasteiger partial charge in [0.2, 0.25) is 27.7 Å². The lowest BCUT2D eigenvalue weighted by Gasteiger charge is -2.30. The molecular weight excluding hydrogens is 825 g/mol. The molecule has 3 aliphatic heterocycles. The molecule has 336 valence electrons. The number of ketones is 1. The third kappa shape index (κ3) is 9.33. The molecular formula is C47H58N6O9S. The summed E-state index contributed by atoms with van der Waals surface area (Å²) in [4.78, 5) is 71.4. The third-order valence-corrected chi connectivity index (χ3v) is 15.5. The summed E-state index contributed by atoms with van der Waals surface area (Å²) in [6, 6.07) is 16.1. The van der Waals surface area contributed by atoms with Crippen molar-refractivity contribution in [1.82, 2.24) is 19.5 Å². The number of sulfonamides is 1. The second kappa shape index (κ2) is 18.0. The zero-order chi connectivity index (χ0) is 44.5. The minimum Gasteiger partial charge on any atom is -0.497 e. The molecule has 3 N–H and O–H groups in total. The van der Waals surface area contributed by atoms with Crippen LogP contribution in [0.25, 0.3) is 22.2 Å². The highest BCUT2D eigenvalue weighted by Crippen LogP contribution is 2.57. The van der Waals surface area contributed by atoms with E-state index in [-0.39, 0.29) is 62.4 Å². The molecule has 0 bridgehead atoms. The number of allylic oxidation sites excluding steroid dienone is 2. The van der Waals surface area contributed by atoms with Crippen molar-refractivity contribution < 1.29 is 41.9 Å². The van der Waals surface area contributed by atoms with Crippen molar-refractivity contribution in [2.45, 2.75) is 94.9 Å². The summed E-state index contributed by atoms with van der Waals surface area (Å²) in [5.41, 5.74) is 7.14. The molecule has 63 heavy (non-hydrogen) atoms. The number of nitrogens with zero attached hydrogens (tertiary/aromatic N) is 4. The average Bonchev–Trinajstić information content (AvgIpc) is 4.19. The van der Waals surface area contributed by atoms with Gasteiger partial charge in [0.15, 0.2) is 5.78 Å². The van der Waals surface area contributed by atoms with Crippen LogP contribution >= 0.6 is 0 Å². The molecule has 6 atom stereocenters. The number of pyridine rings is 1. The van der Waals surface area contributed by atoms with Gasteiger partial charge in [0.1, 0.15) is 24.7 Å². The highest BCUT2D eigenvalue weighted by Gasteiger charge is 2.61. The zero-order valence-electron chi connectivity index (χ0n) is 36.3. The zero-order valence-corrected chi connectivity index (χ0v) is 37.1. The van der Waals surface area contributed by atoms with Gasteiger partial charge in [-0.3, -0.25) is 23.9 Å². The van der Waals surface area contributed by atoms with Crippen LogP contribution in [0.4, 0.5) is 0 Å². The van der Waals surface area contributed by atoms with Crippen LogP contribution in [0.2, 0.25) is 0 Å². The molecule has 8 rings (SSSR count). The van der Waals surface area contributed by atoms with E-state index in [0.717, 1.165) is 24.8 Å². The number of benzene rings is 2.